The lowest BCUT2D eigenvalue weighted by molar-refractivity contribution is 0.156. The highest BCUT2D eigenvalue weighted by Crippen LogP contribution is 2.52. The summed E-state index contributed by atoms with van der Waals surface area (Å²) in [4.78, 5) is 10.9. The molecule has 0 spiro atoms. The second-order valence-corrected chi connectivity index (χ2v) is 11.7. The molecule has 0 fully saturated rings. The maximum absolute atomic E-state index is 7.02. The molecule has 0 amide bonds. The van der Waals surface area contributed by atoms with Gasteiger partial charge in [0.2, 0.25) is 11.8 Å². The Hall–Kier alpha value is -4.96. The van der Waals surface area contributed by atoms with Crippen molar-refractivity contribution in [1.29, 1.82) is 0 Å². The molecule has 0 bridgehead atoms. The minimum Gasteiger partial charge on any atom is -0.469 e. The molecule has 4 atom stereocenters. The summed E-state index contributed by atoms with van der Waals surface area (Å²) in [7, 11) is 0. The number of benzene rings is 5. The Morgan fingerprint density at radius 1 is 0.419 bits per heavy atom. The van der Waals surface area contributed by atoms with Crippen LogP contribution in [0.4, 0.5) is 0 Å². The van der Waals surface area contributed by atoms with Crippen molar-refractivity contribution >= 4 is 11.8 Å². The lowest BCUT2D eigenvalue weighted by Crippen LogP contribution is -2.41. The van der Waals surface area contributed by atoms with Crippen LogP contribution in [0, 0.1) is 5.41 Å². The van der Waals surface area contributed by atoms with Crippen LogP contribution < -0.4 is 0 Å². The number of aliphatic imine (C=N–C) groups is 2. The van der Waals surface area contributed by atoms with Gasteiger partial charge in [0.25, 0.3) is 0 Å². The zero-order valence-electron chi connectivity index (χ0n) is 23.8. The van der Waals surface area contributed by atoms with Crippen molar-refractivity contribution in [3.05, 3.63) is 179 Å². The van der Waals surface area contributed by atoms with Crippen molar-refractivity contribution in [2.45, 2.75) is 37.1 Å². The van der Waals surface area contributed by atoms with Crippen molar-refractivity contribution in [2.24, 2.45) is 15.4 Å². The fourth-order valence-electron chi connectivity index (χ4n) is 6.89. The Bertz CT molecular complexity index is 1650. The van der Waals surface area contributed by atoms with Crippen molar-refractivity contribution in [3.8, 4) is 0 Å². The van der Waals surface area contributed by atoms with Crippen molar-refractivity contribution in [3.63, 3.8) is 0 Å². The van der Waals surface area contributed by atoms with E-state index in [0.29, 0.717) is 11.8 Å². The number of fused-ring (bicyclic) bond motifs is 1. The largest absolute Gasteiger partial charge is 0.469 e. The average Bonchev–Trinajstić information content (AvgIpc) is 3.83. The molecule has 3 aliphatic rings. The van der Waals surface area contributed by atoms with Crippen LogP contribution >= 0.6 is 0 Å². The van der Waals surface area contributed by atoms with Gasteiger partial charge in [0.15, 0.2) is 12.2 Å². The van der Waals surface area contributed by atoms with E-state index in [4.69, 9.17) is 19.5 Å². The highest BCUT2D eigenvalue weighted by Gasteiger charge is 2.55. The molecule has 8 rings (SSSR count). The first kappa shape index (κ1) is 25.7. The summed E-state index contributed by atoms with van der Waals surface area (Å²) < 4.78 is 14.0. The first-order valence-corrected chi connectivity index (χ1v) is 15.0. The Kier molecular flexibility index (Phi) is 6.40. The molecule has 0 N–H and O–H groups in total. The monoisotopic (exact) mass is 560 g/mol. The lowest BCUT2D eigenvalue weighted by Gasteiger charge is -2.29. The topological polar surface area (TPSA) is 43.2 Å². The molecule has 4 heteroatoms. The third-order valence-electron chi connectivity index (χ3n) is 9.02. The van der Waals surface area contributed by atoms with Gasteiger partial charge in [-0.1, -0.05) is 146 Å². The van der Waals surface area contributed by atoms with Gasteiger partial charge >= 0.3 is 0 Å². The van der Waals surface area contributed by atoms with Gasteiger partial charge < -0.3 is 9.47 Å². The van der Waals surface area contributed by atoms with E-state index in [2.05, 4.69) is 121 Å². The summed E-state index contributed by atoms with van der Waals surface area (Å²) in [6, 6.07) is 50.2. The maximum Gasteiger partial charge on any atom is 0.201 e. The van der Waals surface area contributed by atoms with E-state index in [1.54, 1.807) is 0 Å². The van der Waals surface area contributed by atoms with E-state index in [9.17, 15) is 0 Å². The minimum absolute atomic E-state index is 0.170. The van der Waals surface area contributed by atoms with Crippen LogP contribution in [-0.4, -0.2) is 11.8 Å². The minimum atomic E-state index is -0.642. The highest BCUT2D eigenvalue weighted by molar-refractivity contribution is 6.08. The summed E-state index contributed by atoms with van der Waals surface area (Å²) in [6.45, 7) is 0. The van der Waals surface area contributed by atoms with E-state index in [1.807, 2.05) is 24.3 Å². The fourth-order valence-corrected chi connectivity index (χ4v) is 6.89. The first-order valence-electron chi connectivity index (χ1n) is 15.0. The Labute approximate surface area is 252 Å². The Morgan fingerprint density at radius 2 is 0.744 bits per heavy atom. The molecule has 0 saturated carbocycles. The van der Waals surface area contributed by atoms with Gasteiger partial charge in [-0.15, -0.1) is 0 Å². The Balaban J connectivity index is 1.27. The van der Waals surface area contributed by atoms with E-state index >= 15 is 0 Å². The zero-order valence-corrected chi connectivity index (χ0v) is 23.8. The van der Waals surface area contributed by atoms with Gasteiger partial charge in [0, 0.05) is 0 Å². The average molecular weight is 561 g/mol. The van der Waals surface area contributed by atoms with Crippen LogP contribution in [0.3, 0.4) is 0 Å². The smallest absolute Gasteiger partial charge is 0.201 e. The molecule has 0 saturated heterocycles. The summed E-state index contributed by atoms with van der Waals surface area (Å²) in [5, 5.41) is 0. The zero-order chi connectivity index (χ0) is 28.6. The number of nitrogens with zero attached hydrogens (tertiary/aromatic N) is 2. The van der Waals surface area contributed by atoms with E-state index in [-0.39, 0.29) is 24.3 Å². The summed E-state index contributed by atoms with van der Waals surface area (Å²) >= 11 is 0. The number of rotatable bonds is 6. The Morgan fingerprint density at radius 3 is 1.12 bits per heavy atom. The van der Waals surface area contributed by atoms with Crippen molar-refractivity contribution in [1.82, 2.24) is 0 Å². The molecule has 0 aromatic heterocycles. The van der Waals surface area contributed by atoms with Gasteiger partial charge in [-0.05, 0) is 46.2 Å². The van der Waals surface area contributed by atoms with Crippen LogP contribution in [0.1, 0.15) is 57.7 Å². The van der Waals surface area contributed by atoms with Crippen LogP contribution in [-0.2, 0) is 22.3 Å². The predicted octanol–water partition coefficient (Wildman–Crippen LogP) is 8.59. The molecule has 43 heavy (non-hydrogen) atoms. The van der Waals surface area contributed by atoms with Crippen LogP contribution in [0.25, 0.3) is 0 Å². The number of ether oxygens (including phenoxy) is 2. The van der Waals surface area contributed by atoms with Crippen molar-refractivity contribution < 1.29 is 9.47 Å². The molecule has 0 unspecified atom stereocenters. The van der Waals surface area contributed by atoms with E-state index < -0.39 is 5.41 Å². The van der Waals surface area contributed by atoms with Crippen molar-refractivity contribution in [2.75, 3.05) is 0 Å². The second-order valence-electron chi connectivity index (χ2n) is 11.7. The quantitative estimate of drug-likeness (QED) is 0.209. The summed E-state index contributed by atoms with van der Waals surface area (Å²) in [5.41, 5.74) is 6.43. The molecule has 2 heterocycles. The molecule has 1 aliphatic carbocycles. The summed E-state index contributed by atoms with van der Waals surface area (Å²) in [5.74, 6) is 1.43. The van der Waals surface area contributed by atoms with Gasteiger partial charge in [-0.25, -0.2) is 9.98 Å². The van der Waals surface area contributed by atoms with Gasteiger partial charge in [0.1, 0.15) is 17.5 Å². The molecule has 210 valence electrons. The molecule has 5 aromatic rings. The molecular formula is C39H32N2O2. The van der Waals surface area contributed by atoms with Gasteiger partial charge in [-0.2, -0.15) is 0 Å². The van der Waals surface area contributed by atoms with Gasteiger partial charge in [0.05, 0.1) is 0 Å². The van der Waals surface area contributed by atoms with Crippen LogP contribution in [0.5, 0.6) is 0 Å². The maximum atomic E-state index is 7.02. The van der Waals surface area contributed by atoms with Gasteiger partial charge in [-0.3, -0.25) is 0 Å². The molecule has 2 aliphatic heterocycles. The molecule has 5 aromatic carbocycles. The number of hydrogen-bond acceptors (Lipinski definition) is 4. The van der Waals surface area contributed by atoms with E-state index in [1.165, 1.54) is 11.1 Å². The molecule has 4 nitrogen and oxygen atoms in total. The summed E-state index contributed by atoms with van der Waals surface area (Å²) in [6.07, 6.45) is 0.979. The van der Waals surface area contributed by atoms with E-state index in [0.717, 1.165) is 35.1 Å². The normalized spacial score (nSPS) is 23.5. The predicted molar refractivity (Wildman–Crippen MR) is 170 cm³/mol. The first-order chi connectivity index (χ1) is 21.3. The molecule has 0 radical (unpaired) electrons. The third-order valence-corrected chi connectivity index (χ3v) is 9.02. The SMILES string of the molecule is c1ccc([C@H]2N=C(C3(C4=N[C@H](c5ccccc5)[C@@H](c5ccccc5)O4)Cc4ccccc4C3)O[C@@H]2c2ccccc2)cc1. The standard InChI is InChI=1S/C39H32N2O2/c1-5-15-27(16-6-1)33-35(29-19-9-3-10-20-29)42-37(40-33)39(25-31-23-13-14-24-32(31)26-39)38-41-34(28-17-7-2-8-18-28)36(43-38)30-21-11-4-12-22-30/h1-24,33-36H,25-26H2/t33-,34-,35-,36-/m1/s1. The molecular weight excluding hydrogens is 528 g/mol. The second kappa shape index (κ2) is 10.7. The number of hydrogen-bond donors (Lipinski definition) is 0. The highest BCUT2D eigenvalue weighted by atomic mass is 16.5. The van der Waals surface area contributed by atoms with Crippen LogP contribution in [0.15, 0.2) is 156 Å². The fraction of sp³-hybridized carbons (Fsp3) is 0.179. The lowest BCUT2D eigenvalue weighted by atomic mass is 9.83. The van der Waals surface area contributed by atoms with Crippen LogP contribution in [0.2, 0.25) is 0 Å². The third kappa shape index (κ3) is 4.54.